The Morgan fingerprint density at radius 1 is 0.844 bits per heavy atom. The topological polar surface area (TPSA) is 87.5 Å². The summed E-state index contributed by atoms with van der Waals surface area (Å²) in [7, 11) is 4.69. The third-order valence-electron chi connectivity index (χ3n) is 4.82. The lowest BCUT2D eigenvalue weighted by atomic mass is 10.2. The van der Waals surface area contributed by atoms with Gasteiger partial charge in [-0.1, -0.05) is 18.2 Å². The van der Waals surface area contributed by atoms with Crippen LogP contribution in [0.5, 0.6) is 17.2 Å². The summed E-state index contributed by atoms with van der Waals surface area (Å²) in [6, 6.07) is 22.0. The number of anilines is 1. The van der Waals surface area contributed by atoms with Crippen LogP contribution in [0.1, 0.15) is 10.6 Å². The Kier molecular flexibility index (Phi) is 6.03. The summed E-state index contributed by atoms with van der Waals surface area (Å²) in [6.07, 6.45) is 0. The molecule has 0 aliphatic carbocycles. The zero-order valence-electron chi connectivity index (χ0n) is 17.9. The maximum Gasteiger partial charge on any atom is 0.295 e. The Morgan fingerprint density at radius 3 is 2.19 bits per heavy atom. The van der Waals surface area contributed by atoms with Gasteiger partial charge in [0.2, 0.25) is 5.82 Å². The molecular weight excluding hydrogens is 408 g/mol. The highest BCUT2D eigenvalue weighted by Crippen LogP contribution is 2.30. The maximum absolute atomic E-state index is 13.0. The Balaban J connectivity index is 1.71. The average molecular weight is 430 g/mol. The lowest BCUT2D eigenvalue weighted by molar-refractivity contribution is 0.101. The second-order valence-electron chi connectivity index (χ2n) is 6.76. The number of ether oxygens (including phenoxy) is 3. The molecule has 0 saturated carbocycles. The van der Waals surface area contributed by atoms with Crippen molar-refractivity contribution in [2.75, 3.05) is 26.6 Å². The Bertz CT molecular complexity index is 1220. The van der Waals surface area contributed by atoms with Gasteiger partial charge >= 0.3 is 0 Å². The number of carbonyl (C=O) groups excluding carboxylic acids is 1. The molecule has 1 amide bonds. The third-order valence-corrected chi connectivity index (χ3v) is 4.82. The van der Waals surface area contributed by atoms with Crippen molar-refractivity contribution >= 4 is 11.6 Å². The fourth-order valence-electron chi connectivity index (χ4n) is 3.16. The second-order valence-corrected chi connectivity index (χ2v) is 6.76. The van der Waals surface area contributed by atoms with E-state index in [0.29, 0.717) is 23.0 Å². The summed E-state index contributed by atoms with van der Waals surface area (Å²) in [5, 5.41) is 7.29. The molecule has 3 aromatic carbocycles. The number of hydrogen-bond acceptors (Lipinski definition) is 6. The summed E-state index contributed by atoms with van der Waals surface area (Å²) in [5.41, 5.74) is 2.07. The highest BCUT2D eigenvalue weighted by molar-refractivity contribution is 6.02. The number of benzene rings is 3. The molecule has 32 heavy (non-hydrogen) atoms. The van der Waals surface area contributed by atoms with E-state index in [4.69, 9.17) is 14.2 Å². The van der Waals surface area contributed by atoms with Crippen LogP contribution in [0.2, 0.25) is 0 Å². The van der Waals surface area contributed by atoms with Gasteiger partial charge in [-0.05, 0) is 48.5 Å². The summed E-state index contributed by atoms with van der Waals surface area (Å²) in [4.78, 5) is 17.5. The SMILES string of the molecule is COc1ccc(-c2nc(C(=O)Nc3ccc(OC)cc3OC)nn2-c2ccccc2)cc1. The lowest BCUT2D eigenvalue weighted by Gasteiger charge is -2.10. The zero-order chi connectivity index (χ0) is 22.5. The first-order valence-electron chi connectivity index (χ1n) is 9.83. The number of nitrogens with one attached hydrogen (secondary N) is 1. The number of carbonyl (C=O) groups is 1. The lowest BCUT2D eigenvalue weighted by Crippen LogP contribution is -2.15. The first-order chi connectivity index (χ1) is 15.6. The highest BCUT2D eigenvalue weighted by atomic mass is 16.5. The second kappa shape index (κ2) is 9.22. The molecule has 0 spiro atoms. The molecule has 1 heterocycles. The van der Waals surface area contributed by atoms with Crippen molar-refractivity contribution in [3.05, 3.63) is 78.6 Å². The molecule has 8 heteroatoms. The minimum atomic E-state index is -0.460. The van der Waals surface area contributed by atoms with E-state index in [2.05, 4.69) is 15.4 Å². The van der Waals surface area contributed by atoms with E-state index in [1.54, 1.807) is 37.1 Å². The van der Waals surface area contributed by atoms with E-state index in [-0.39, 0.29) is 5.82 Å². The van der Waals surface area contributed by atoms with E-state index in [1.165, 1.54) is 7.11 Å². The van der Waals surface area contributed by atoms with Crippen molar-refractivity contribution < 1.29 is 19.0 Å². The number of methoxy groups -OCH3 is 3. The van der Waals surface area contributed by atoms with Crippen molar-refractivity contribution in [2.24, 2.45) is 0 Å². The predicted octanol–water partition coefficient (Wildman–Crippen LogP) is 4.21. The van der Waals surface area contributed by atoms with Gasteiger partial charge in [-0.3, -0.25) is 4.79 Å². The molecule has 4 rings (SSSR count). The van der Waals surface area contributed by atoms with Crippen molar-refractivity contribution in [1.29, 1.82) is 0 Å². The molecule has 1 N–H and O–H groups in total. The third kappa shape index (κ3) is 4.24. The van der Waals surface area contributed by atoms with Gasteiger partial charge < -0.3 is 19.5 Å². The smallest absolute Gasteiger partial charge is 0.295 e. The Morgan fingerprint density at radius 2 is 1.53 bits per heavy atom. The molecule has 0 aliphatic rings. The maximum atomic E-state index is 13.0. The van der Waals surface area contributed by atoms with Crippen LogP contribution in [0.25, 0.3) is 17.1 Å². The summed E-state index contributed by atoms with van der Waals surface area (Å²) in [6.45, 7) is 0. The molecule has 8 nitrogen and oxygen atoms in total. The van der Waals surface area contributed by atoms with Crippen LogP contribution in [0.4, 0.5) is 5.69 Å². The van der Waals surface area contributed by atoms with E-state index in [9.17, 15) is 4.79 Å². The number of hydrogen-bond donors (Lipinski definition) is 1. The standard InChI is InChI=1S/C24H22N4O4/c1-30-18-11-9-16(10-12-18)23-26-22(27-28(23)17-7-5-4-6-8-17)24(29)25-20-14-13-19(31-2)15-21(20)32-3/h4-15H,1-3H3,(H,25,29). The minimum Gasteiger partial charge on any atom is -0.497 e. The van der Waals surface area contributed by atoms with Crippen LogP contribution >= 0.6 is 0 Å². The van der Waals surface area contributed by atoms with Gasteiger partial charge in [0.25, 0.3) is 5.91 Å². The van der Waals surface area contributed by atoms with Gasteiger partial charge in [-0.15, -0.1) is 5.10 Å². The van der Waals surface area contributed by atoms with Crippen molar-refractivity contribution in [3.63, 3.8) is 0 Å². The van der Waals surface area contributed by atoms with Crippen LogP contribution in [-0.2, 0) is 0 Å². The van der Waals surface area contributed by atoms with E-state index in [1.807, 2.05) is 54.6 Å². The van der Waals surface area contributed by atoms with Gasteiger partial charge in [-0.25, -0.2) is 9.67 Å². The highest BCUT2D eigenvalue weighted by Gasteiger charge is 2.20. The number of aromatic nitrogens is 3. The average Bonchev–Trinajstić information content (AvgIpc) is 3.30. The minimum absolute atomic E-state index is 0.0255. The molecule has 0 bridgehead atoms. The number of amides is 1. The van der Waals surface area contributed by atoms with Gasteiger partial charge in [0, 0.05) is 11.6 Å². The molecule has 0 fully saturated rings. The first-order valence-corrected chi connectivity index (χ1v) is 9.83. The molecule has 4 aromatic rings. The Hall–Kier alpha value is -4.33. The number of rotatable bonds is 7. The van der Waals surface area contributed by atoms with Crippen molar-refractivity contribution in [1.82, 2.24) is 14.8 Å². The van der Waals surface area contributed by atoms with Crippen LogP contribution < -0.4 is 19.5 Å². The fourth-order valence-corrected chi connectivity index (χ4v) is 3.16. The van der Waals surface area contributed by atoms with E-state index in [0.717, 1.165) is 17.0 Å². The summed E-state index contributed by atoms with van der Waals surface area (Å²) in [5.74, 6) is 1.91. The number of para-hydroxylation sites is 1. The molecule has 0 saturated heterocycles. The molecular formula is C24H22N4O4. The van der Waals surface area contributed by atoms with Crippen LogP contribution in [-0.4, -0.2) is 42.0 Å². The zero-order valence-corrected chi connectivity index (χ0v) is 17.9. The van der Waals surface area contributed by atoms with Crippen molar-refractivity contribution in [2.45, 2.75) is 0 Å². The quantitative estimate of drug-likeness (QED) is 0.473. The van der Waals surface area contributed by atoms with Gasteiger partial charge in [-0.2, -0.15) is 0 Å². The van der Waals surface area contributed by atoms with Crippen LogP contribution in [0, 0.1) is 0 Å². The predicted molar refractivity (Wildman–Crippen MR) is 121 cm³/mol. The molecule has 1 aromatic heterocycles. The molecule has 0 radical (unpaired) electrons. The summed E-state index contributed by atoms with van der Waals surface area (Å²) < 4.78 is 17.4. The fraction of sp³-hybridized carbons (Fsp3) is 0.125. The molecule has 0 aliphatic heterocycles. The summed E-state index contributed by atoms with van der Waals surface area (Å²) >= 11 is 0. The van der Waals surface area contributed by atoms with E-state index >= 15 is 0 Å². The van der Waals surface area contributed by atoms with Crippen molar-refractivity contribution in [3.8, 4) is 34.3 Å². The molecule has 0 unspecified atom stereocenters. The largest absolute Gasteiger partial charge is 0.497 e. The van der Waals surface area contributed by atoms with Gasteiger partial charge in [0.05, 0.1) is 32.7 Å². The van der Waals surface area contributed by atoms with Gasteiger partial charge in [0.15, 0.2) is 5.82 Å². The Labute approximate surface area is 185 Å². The number of nitrogens with zero attached hydrogens (tertiary/aromatic N) is 3. The normalized spacial score (nSPS) is 10.5. The monoisotopic (exact) mass is 430 g/mol. The molecule has 0 atom stereocenters. The van der Waals surface area contributed by atoms with Crippen LogP contribution in [0.15, 0.2) is 72.8 Å². The van der Waals surface area contributed by atoms with E-state index < -0.39 is 5.91 Å². The van der Waals surface area contributed by atoms with Crippen LogP contribution in [0.3, 0.4) is 0 Å². The molecule has 162 valence electrons. The van der Waals surface area contributed by atoms with Gasteiger partial charge in [0.1, 0.15) is 17.2 Å². The first kappa shape index (κ1) is 20.9.